The molecule has 1 aromatic rings. The average molecular weight is 255 g/mol. The van der Waals surface area contributed by atoms with E-state index in [9.17, 15) is 0 Å². The largest absolute Gasteiger partial charge is 0.496 e. The molecule has 4 nitrogen and oxygen atoms in total. The standard InChI is InChI=1S/C11H16BClN2O2/c1-10(2)11(3,4)17-12(16-10)8-5-9(15-13)7-14-6-8/h5-7,15H,1-4H3. The summed E-state index contributed by atoms with van der Waals surface area (Å²) in [5.41, 5.74) is 0.887. The Morgan fingerprint density at radius 1 is 1.18 bits per heavy atom. The summed E-state index contributed by atoms with van der Waals surface area (Å²) >= 11 is 5.55. The highest BCUT2D eigenvalue weighted by atomic mass is 35.5. The maximum Gasteiger partial charge on any atom is 0.496 e. The van der Waals surface area contributed by atoms with E-state index in [1.54, 1.807) is 12.4 Å². The first kappa shape index (κ1) is 12.7. The van der Waals surface area contributed by atoms with E-state index in [1.807, 2.05) is 33.8 Å². The monoisotopic (exact) mass is 254 g/mol. The molecule has 0 unspecified atom stereocenters. The number of hydrogen-bond acceptors (Lipinski definition) is 4. The predicted molar refractivity (Wildman–Crippen MR) is 69.4 cm³/mol. The second-order valence-electron chi connectivity index (χ2n) is 5.19. The first-order chi connectivity index (χ1) is 7.86. The minimum Gasteiger partial charge on any atom is -0.399 e. The molecule has 0 radical (unpaired) electrons. The van der Waals surface area contributed by atoms with Crippen LogP contribution in [0.15, 0.2) is 18.5 Å². The molecule has 0 amide bonds. The summed E-state index contributed by atoms with van der Waals surface area (Å²) in [6.45, 7) is 8.07. The molecular weight excluding hydrogens is 238 g/mol. The molecular formula is C11H16BClN2O2. The highest BCUT2D eigenvalue weighted by Crippen LogP contribution is 2.36. The van der Waals surface area contributed by atoms with Crippen LogP contribution in [0.25, 0.3) is 0 Å². The van der Waals surface area contributed by atoms with Crippen molar-refractivity contribution < 1.29 is 9.31 Å². The van der Waals surface area contributed by atoms with E-state index in [0.717, 1.165) is 11.2 Å². The fourth-order valence-electron chi connectivity index (χ4n) is 1.62. The lowest BCUT2D eigenvalue weighted by Gasteiger charge is -2.32. The van der Waals surface area contributed by atoms with Gasteiger partial charge >= 0.3 is 7.12 Å². The van der Waals surface area contributed by atoms with Gasteiger partial charge in [0.1, 0.15) is 0 Å². The molecule has 1 aliphatic heterocycles. The molecule has 17 heavy (non-hydrogen) atoms. The van der Waals surface area contributed by atoms with Gasteiger partial charge in [-0.15, -0.1) is 0 Å². The van der Waals surface area contributed by atoms with Crippen molar-refractivity contribution in [3.05, 3.63) is 18.5 Å². The Balaban J connectivity index is 2.25. The van der Waals surface area contributed by atoms with Gasteiger partial charge in [0, 0.05) is 23.4 Å². The van der Waals surface area contributed by atoms with Crippen LogP contribution in [0.2, 0.25) is 0 Å². The minimum atomic E-state index is -0.405. The van der Waals surface area contributed by atoms with Crippen LogP contribution in [-0.4, -0.2) is 23.3 Å². The van der Waals surface area contributed by atoms with Crippen LogP contribution in [0.1, 0.15) is 27.7 Å². The van der Waals surface area contributed by atoms with Gasteiger partial charge in [-0.25, -0.2) is 0 Å². The second kappa shape index (κ2) is 4.16. The number of rotatable bonds is 2. The number of halogens is 1. The number of anilines is 1. The zero-order chi connectivity index (χ0) is 12.7. The van der Waals surface area contributed by atoms with Crippen LogP contribution in [0.5, 0.6) is 0 Å². The Morgan fingerprint density at radius 3 is 2.29 bits per heavy atom. The van der Waals surface area contributed by atoms with Crippen molar-refractivity contribution in [3.63, 3.8) is 0 Å². The lowest BCUT2D eigenvalue weighted by atomic mass is 9.80. The van der Waals surface area contributed by atoms with E-state index in [2.05, 4.69) is 9.82 Å². The van der Waals surface area contributed by atoms with Gasteiger partial charge in [0.25, 0.3) is 0 Å². The van der Waals surface area contributed by atoms with E-state index in [-0.39, 0.29) is 11.2 Å². The lowest BCUT2D eigenvalue weighted by molar-refractivity contribution is 0.00578. The van der Waals surface area contributed by atoms with Gasteiger partial charge in [-0.3, -0.25) is 9.82 Å². The topological polar surface area (TPSA) is 43.4 Å². The van der Waals surface area contributed by atoms with Crippen molar-refractivity contribution in [1.82, 2.24) is 4.98 Å². The first-order valence-electron chi connectivity index (χ1n) is 5.53. The molecule has 0 atom stereocenters. The van der Waals surface area contributed by atoms with Gasteiger partial charge < -0.3 is 9.31 Å². The molecule has 92 valence electrons. The van der Waals surface area contributed by atoms with Gasteiger partial charge in [-0.05, 0) is 33.8 Å². The van der Waals surface area contributed by atoms with Crippen LogP contribution < -0.4 is 10.3 Å². The SMILES string of the molecule is CC1(C)OB(c2cncc(NCl)c2)OC1(C)C. The molecule has 1 saturated heterocycles. The molecule has 0 aliphatic carbocycles. The molecule has 6 heteroatoms. The highest BCUT2D eigenvalue weighted by molar-refractivity contribution is 6.62. The smallest absolute Gasteiger partial charge is 0.399 e. The van der Waals surface area contributed by atoms with Gasteiger partial charge in [-0.1, -0.05) is 0 Å². The Hall–Kier alpha value is -0.775. The highest BCUT2D eigenvalue weighted by Gasteiger charge is 2.51. The van der Waals surface area contributed by atoms with Crippen LogP contribution in [0.3, 0.4) is 0 Å². The Labute approximate surface area is 107 Å². The lowest BCUT2D eigenvalue weighted by Crippen LogP contribution is -2.41. The zero-order valence-corrected chi connectivity index (χ0v) is 11.2. The van der Waals surface area contributed by atoms with E-state index in [0.29, 0.717) is 0 Å². The van der Waals surface area contributed by atoms with E-state index < -0.39 is 7.12 Å². The fourth-order valence-corrected chi connectivity index (χ4v) is 1.72. The molecule has 1 N–H and O–H groups in total. The van der Waals surface area contributed by atoms with Crippen molar-refractivity contribution in [1.29, 1.82) is 0 Å². The first-order valence-corrected chi connectivity index (χ1v) is 5.91. The van der Waals surface area contributed by atoms with Gasteiger partial charge in [0.2, 0.25) is 0 Å². The van der Waals surface area contributed by atoms with E-state index in [4.69, 9.17) is 21.1 Å². The molecule has 0 saturated carbocycles. The van der Waals surface area contributed by atoms with Gasteiger partial charge in [-0.2, -0.15) is 0 Å². The van der Waals surface area contributed by atoms with Crippen molar-refractivity contribution in [2.45, 2.75) is 38.9 Å². The molecule has 2 heterocycles. The summed E-state index contributed by atoms with van der Waals surface area (Å²) in [5.74, 6) is 0. The molecule has 1 aliphatic rings. The third-order valence-electron chi connectivity index (χ3n) is 3.39. The summed E-state index contributed by atoms with van der Waals surface area (Å²) in [6, 6.07) is 1.86. The maximum atomic E-state index is 5.92. The maximum absolute atomic E-state index is 5.92. The predicted octanol–water partition coefficient (Wildman–Crippen LogP) is 1.95. The molecule has 2 rings (SSSR count). The van der Waals surface area contributed by atoms with Crippen LogP contribution in [-0.2, 0) is 9.31 Å². The van der Waals surface area contributed by atoms with E-state index in [1.165, 1.54) is 0 Å². The van der Waals surface area contributed by atoms with Gasteiger partial charge in [0.05, 0.1) is 23.1 Å². The number of pyridine rings is 1. The van der Waals surface area contributed by atoms with Crippen LogP contribution in [0, 0.1) is 0 Å². The third-order valence-corrected chi connectivity index (χ3v) is 3.61. The summed E-state index contributed by atoms with van der Waals surface area (Å²) in [6.07, 6.45) is 3.36. The number of nitrogens with one attached hydrogen (secondary N) is 1. The number of hydrogen-bond donors (Lipinski definition) is 1. The van der Waals surface area contributed by atoms with E-state index >= 15 is 0 Å². The number of aromatic nitrogens is 1. The third kappa shape index (κ3) is 2.27. The molecule has 0 spiro atoms. The van der Waals surface area contributed by atoms with Crippen molar-refractivity contribution in [2.75, 3.05) is 4.84 Å². The van der Waals surface area contributed by atoms with Crippen molar-refractivity contribution in [2.24, 2.45) is 0 Å². The fraction of sp³-hybridized carbons (Fsp3) is 0.545. The Morgan fingerprint density at radius 2 is 1.76 bits per heavy atom. The minimum absolute atomic E-state index is 0.345. The average Bonchev–Trinajstić information content (AvgIpc) is 2.48. The molecule has 1 aromatic heterocycles. The second-order valence-corrected chi connectivity index (χ2v) is 5.38. The van der Waals surface area contributed by atoms with Crippen LogP contribution in [0.4, 0.5) is 5.69 Å². The zero-order valence-electron chi connectivity index (χ0n) is 10.5. The molecule has 0 bridgehead atoms. The van der Waals surface area contributed by atoms with Crippen molar-refractivity contribution >= 4 is 30.0 Å². The quantitative estimate of drug-likeness (QED) is 0.647. The summed E-state index contributed by atoms with van der Waals surface area (Å²) < 4.78 is 11.8. The molecule has 1 fully saturated rings. The normalized spacial score (nSPS) is 21.6. The van der Waals surface area contributed by atoms with Gasteiger partial charge in [0.15, 0.2) is 0 Å². The van der Waals surface area contributed by atoms with Crippen molar-refractivity contribution in [3.8, 4) is 0 Å². The summed E-state index contributed by atoms with van der Waals surface area (Å²) in [4.78, 5) is 6.62. The molecule has 0 aromatic carbocycles. The Kier molecular flexibility index (Phi) is 3.10. The summed E-state index contributed by atoms with van der Waals surface area (Å²) in [5, 5.41) is 0. The van der Waals surface area contributed by atoms with Crippen LogP contribution >= 0.6 is 11.8 Å². The number of nitrogens with zero attached hydrogens (tertiary/aromatic N) is 1. The Bertz CT molecular complexity index is 410. The summed E-state index contributed by atoms with van der Waals surface area (Å²) in [7, 11) is -0.405.